The summed E-state index contributed by atoms with van der Waals surface area (Å²) in [5.74, 6) is 0. The zero-order valence-corrected chi connectivity index (χ0v) is 9.50. The lowest BCUT2D eigenvalue weighted by atomic mass is 9.93. The Morgan fingerprint density at radius 3 is 2.57 bits per heavy atom. The maximum absolute atomic E-state index is 5.31. The molecule has 0 bridgehead atoms. The van der Waals surface area contributed by atoms with Crippen molar-refractivity contribution in [2.75, 3.05) is 13.7 Å². The van der Waals surface area contributed by atoms with Crippen molar-refractivity contribution in [1.29, 1.82) is 0 Å². The van der Waals surface area contributed by atoms with Gasteiger partial charge in [0, 0.05) is 6.54 Å². The molecule has 1 heterocycles. The normalized spacial score (nSPS) is 25.4. The highest BCUT2D eigenvalue weighted by Crippen LogP contribution is 2.36. The van der Waals surface area contributed by atoms with Gasteiger partial charge in [0.2, 0.25) is 0 Å². The quantitative estimate of drug-likeness (QED) is 0.668. The van der Waals surface area contributed by atoms with Gasteiger partial charge in [-0.1, -0.05) is 24.8 Å². The molecule has 0 N–H and O–H groups in total. The molecule has 1 fully saturated rings. The molecule has 2 nitrogen and oxygen atoms in total. The summed E-state index contributed by atoms with van der Waals surface area (Å²) in [5.41, 5.74) is 2.30. The van der Waals surface area contributed by atoms with Crippen LogP contribution >= 0.6 is 0 Å². The average Bonchev–Trinajstić information content (AvgIpc) is 2.34. The van der Waals surface area contributed by atoms with Crippen LogP contribution in [0.15, 0.2) is 36.0 Å². The van der Waals surface area contributed by atoms with Gasteiger partial charge in [0.1, 0.15) is 0 Å². The predicted octanol–water partition coefficient (Wildman–Crippen LogP) is 2.70. The van der Waals surface area contributed by atoms with Gasteiger partial charge in [0.25, 0.3) is 0 Å². The van der Waals surface area contributed by atoms with E-state index in [1.165, 1.54) is 5.57 Å². The van der Waals surface area contributed by atoms with Crippen LogP contribution in [0.1, 0.15) is 20.8 Å². The molecule has 1 rings (SSSR count). The third-order valence-corrected chi connectivity index (χ3v) is 2.67. The van der Waals surface area contributed by atoms with Gasteiger partial charge in [0.15, 0.2) is 0 Å². The van der Waals surface area contributed by atoms with Crippen LogP contribution in [0, 0.1) is 0 Å². The van der Waals surface area contributed by atoms with E-state index in [0.717, 1.165) is 12.1 Å². The molecule has 78 valence electrons. The highest BCUT2D eigenvalue weighted by atomic mass is 16.7. The lowest BCUT2D eigenvalue weighted by Crippen LogP contribution is -2.38. The van der Waals surface area contributed by atoms with E-state index in [0.29, 0.717) is 0 Å². The Morgan fingerprint density at radius 1 is 1.50 bits per heavy atom. The first kappa shape index (κ1) is 11.2. The summed E-state index contributed by atoms with van der Waals surface area (Å²) in [7, 11) is 1.70. The summed E-state index contributed by atoms with van der Waals surface area (Å²) in [6, 6.07) is 0. The van der Waals surface area contributed by atoms with E-state index in [1.54, 1.807) is 7.11 Å². The van der Waals surface area contributed by atoms with E-state index in [-0.39, 0.29) is 5.54 Å². The molecule has 0 saturated carbocycles. The highest BCUT2D eigenvalue weighted by molar-refractivity contribution is 5.44. The maximum Gasteiger partial charge on any atom is 0.0661 e. The molecule has 0 aromatic heterocycles. The Labute approximate surface area is 86.5 Å². The molecule has 0 amide bonds. The van der Waals surface area contributed by atoms with Gasteiger partial charge in [-0.15, -0.1) is 0 Å². The van der Waals surface area contributed by atoms with E-state index in [4.69, 9.17) is 4.84 Å². The summed E-state index contributed by atoms with van der Waals surface area (Å²) in [6.07, 6.45) is 6.18. The SMILES string of the molecule is C=C1CN(OC)C(C)(C)/C1=C/C=C\C. The van der Waals surface area contributed by atoms with Crippen LogP contribution < -0.4 is 0 Å². The van der Waals surface area contributed by atoms with Crippen LogP contribution in [0.25, 0.3) is 0 Å². The van der Waals surface area contributed by atoms with Gasteiger partial charge >= 0.3 is 0 Å². The number of hydrogen-bond donors (Lipinski definition) is 0. The number of nitrogens with zero attached hydrogens (tertiary/aromatic N) is 1. The summed E-state index contributed by atoms with van der Waals surface area (Å²) in [6.45, 7) is 11.1. The van der Waals surface area contributed by atoms with E-state index in [1.807, 2.05) is 24.1 Å². The second kappa shape index (κ2) is 4.11. The van der Waals surface area contributed by atoms with Gasteiger partial charge < -0.3 is 4.84 Å². The van der Waals surface area contributed by atoms with E-state index < -0.39 is 0 Å². The van der Waals surface area contributed by atoms with Crippen LogP contribution in [0.4, 0.5) is 0 Å². The Bertz CT molecular complexity index is 287. The lowest BCUT2D eigenvalue weighted by Gasteiger charge is -2.29. The fourth-order valence-electron chi connectivity index (χ4n) is 1.83. The summed E-state index contributed by atoms with van der Waals surface area (Å²) in [4.78, 5) is 5.31. The predicted molar refractivity (Wildman–Crippen MR) is 59.8 cm³/mol. The van der Waals surface area contributed by atoms with E-state index in [2.05, 4.69) is 26.5 Å². The van der Waals surface area contributed by atoms with Gasteiger partial charge in [0.05, 0.1) is 12.6 Å². The molecule has 2 heteroatoms. The third kappa shape index (κ3) is 1.81. The molecule has 0 radical (unpaired) electrons. The van der Waals surface area contributed by atoms with E-state index >= 15 is 0 Å². The molecule has 0 aliphatic carbocycles. The standard InChI is InChI=1S/C12H19NO/c1-6-7-8-11-10(2)9-13(14-5)12(11,3)4/h6-8H,2,9H2,1,3-5H3/b7-6-,11-8+. The van der Waals surface area contributed by atoms with Crippen LogP contribution in [0.2, 0.25) is 0 Å². The van der Waals surface area contributed by atoms with Crippen LogP contribution in [0.3, 0.4) is 0 Å². The first-order valence-corrected chi connectivity index (χ1v) is 4.87. The topological polar surface area (TPSA) is 12.5 Å². The first-order valence-electron chi connectivity index (χ1n) is 4.87. The molecule has 0 unspecified atom stereocenters. The Morgan fingerprint density at radius 2 is 2.14 bits per heavy atom. The minimum absolute atomic E-state index is 0.0780. The van der Waals surface area contributed by atoms with Crippen molar-refractivity contribution in [2.24, 2.45) is 0 Å². The fraction of sp³-hybridized carbons (Fsp3) is 0.500. The third-order valence-electron chi connectivity index (χ3n) is 2.67. The van der Waals surface area contributed by atoms with Gasteiger partial charge in [-0.25, -0.2) is 0 Å². The minimum Gasteiger partial charge on any atom is -0.301 e. The number of rotatable bonds is 2. The smallest absolute Gasteiger partial charge is 0.0661 e. The summed E-state index contributed by atoms with van der Waals surface area (Å²) >= 11 is 0. The molecule has 0 spiro atoms. The monoisotopic (exact) mass is 193 g/mol. The molecular formula is C12H19NO. The van der Waals surface area contributed by atoms with Crippen LogP contribution in [0.5, 0.6) is 0 Å². The van der Waals surface area contributed by atoms with Crippen molar-refractivity contribution in [3.05, 3.63) is 36.0 Å². The van der Waals surface area contributed by atoms with Crippen molar-refractivity contribution >= 4 is 0 Å². The second-order valence-corrected chi connectivity index (χ2v) is 3.99. The fourth-order valence-corrected chi connectivity index (χ4v) is 1.83. The molecule has 1 aliphatic heterocycles. The molecule has 14 heavy (non-hydrogen) atoms. The van der Waals surface area contributed by atoms with Gasteiger partial charge in [-0.2, -0.15) is 5.06 Å². The molecule has 0 aromatic rings. The molecule has 0 atom stereocenters. The van der Waals surface area contributed by atoms with Crippen molar-refractivity contribution in [3.8, 4) is 0 Å². The van der Waals surface area contributed by atoms with Crippen molar-refractivity contribution in [1.82, 2.24) is 5.06 Å². The largest absolute Gasteiger partial charge is 0.301 e. The minimum atomic E-state index is -0.0780. The van der Waals surface area contributed by atoms with Gasteiger partial charge in [-0.3, -0.25) is 0 Å². The molecular weight excluding hydrogens is 174 g/mol. The summed E-state index contributed by atoms with van der Waals surface area (Å²) in [5, 5.41) is 1.95. The zero-order valence-electron chi connectivity index (χ0n) is 9.50. The number of hydrogen-bond acceptors (Lipinski definition) is 2. The number of allylic oxidation sites excluding steroid dienone is 3. The Balaban J connectivity index is 3.01. The van der Waals surface area contributed by atoms with E-state index in [9.17, 15) is 0 Å². The zero-order chi connectivity index (χ0) is 10.8. The lowest BCUT2D eigenvalue weighted by molar-refractivity contribution is -0.161. The van der Waals surface area contributed by atoms with Crippen molar-refractivity contribution < 1.29 is 4.84 Å². The van der Waals surface area contributed by atoms with Crippen molar-refractivity contribution in [3.63, 3.8) is 0 Å². The Hall–Kier alpha value is -0.860. The Kier molecular flexibility index (Phi) is 3.29. The van der Waals surface area contributed by atoms with Crippen LogP contribution in [-0.2, 0) is 4.84 Å². The average molecular weight is 193 g/mol. The molecule has 1 saturated heterocycles. The van der Waals surface area contributed by atoms with Gasteiger partial charge in [-0.05, 0) is 31.9 Å². The van der Waals surface area contributed by atoms with Crippen molar-refractivity contribution in [2.45, 2.75) is 26.3 Å². The maximum atomic E-state index is 5.31. The first-order chi connectivity index (χ1) is 6.54. The highest BCUT2D eigenvalue weighted by Gasteiger charge is 2.39. The molecule has 0 aromatic carbocycles. The second-order valence-electron chi connectivity index (χ2n) is 3.99. The number of hydroxylamine groups is 2. The summed E-state index contributed by atoms with van der Waals surface area (Å²) < 4.78 is 0. The molecule has 1 aliphatic rings. The van der Waals surface area contributed by atoms with Crippen LogP contribution in [-0.4, -0.2) is 24.3 Å².